The Labute approximate surface area is 96.5 Å². The normalized spacial score (nSPS) is 20.1. The van der Waals surface area contributed by atoms with Gasteiger partial charge in [-0.1, -0.05) is 20.8 Å². The van der Waals surface area contributed by atoms with E-state index in [9.17, 15) is 5.11 Å². The van der Waals surface area contributed by atoms with Gasteiger partial charge in [-0.05, 0) is 24.0 Å². The molecule has 0 spiro atoms. The van der Waals surface area contributed by atoms with Crippen molar-refractivity contribution in [2.75, 3.05) is 6.61 Å². The van der Waals surface area contributed by atoms with E-state index in [4.69, 9.17) is 4.74 Å². The molecule has 2 heterocycles. The molecule has 0 bridgehead atoms. The van der Waals surface area contributed by atoms with Gasteiger partial charge in [-0.2, -0.15) is 0 Å². The van der Waals surface area contributed by atoms with Crippen LogP contribution in [0.1, 0.15) is 44.7 Å². The van der Waals surface area contributed by atoms with Gasteiger partial charge >= 0.3 is 0 Å². The summed E-state index contributed by atoms with van der Waals surface area (Å²) in [6, 6.07) is 3.91. The zero-order chi connectivity index (χ0) is 11.8. The van der Waals surface area contributed by atoms with Crippen LogP contribution in [0.4, 0.5) is 0 Å². The van der Waals surface area contributed by atoms with Crippen LogP contribution in [0.5, 0.6) is 5.75 Å². The summed E-state index contributed by atoms with van der Waals surface area (Å²) in [5.74, 6) is 0.733. The van der Waals surface area contributed by atoms with Crippen molar-refractivity contribution < 1.29 is 9.84 Å². The molecule has 0 aromatic carbocycles. The van der Waals surface area contributed by atoms with E-state index in [0.29, 0.717) is 18.7 Å². The number of ether oxygens (including phenoxy) is 1. The Morgan fingerprint density at radius 1 is 1.44 bits per heavy atom. The highest BCUT2D eigenvalue weighted by atomic mass is 16.5. The van der Waals surface area contributed by atoms with Crippen molar-refractivity contribution in [2.45, 2.75) is 39.7 Å². The standard InChI is InChI=1S/C13H19NO2/c1-13(2,3)8-9-4-5-11-12(14-9)10(15)6-7-16-11/h4-5,10,15H,6-8H2,1-3H3. The summed E-state index contributed by atoms with van der Waals surface area (Å²) >= 11 is 0. The molecule has 0 aliphatic carbocycles. The summed E-state index contributed by atoms with van der Waals surface area (Å²) < 4.78 is 5.46. The summed E-state index contributed by atoms with van der Waals surface area (Å²) in [6.07, 6.45) is 1.08. The van der Waals surface area contributed by atoms with Gasteiger partial charge < -0.3 is 9.84 Å². The first kappa shape index (κ1) is 11.4. The lowest BCUT2D eigenvalue weighted by atomic mass is 9.90. The van der Waals surface area contributed by atoms with Gasteiger partial charge in [0.15, 0.2) is 0 Å². The molecule has 3 heteroatoms. The second kappa shape index (κ2) is 4.06. The maximum absolute atomic E-state index is 9.84. The SMILES string of the molecule is CC(C)(C)Cc1ccc2c(n1)C(O)CCO2. The van der Waals surface area contributed by atoms with Crippen molar-refractivity contribution >= 4 is 0 Å². The summed E-state index contributed by atoms with van der Waals surface area (Å²) in [7, 11) is 0. The van der Waals surface area contributed by atoms with Gasteiger partial charge in [0.2, 0.25) is 0 Å². The topological polar surface area (TPSA) is 42.4 Å². The smallest absolute Gasteiger partial charge is 0.143 e. The number of aliphatic hydroxyl groups excluding tert-OH is 1. The second-order valence-corrected chi connectivity index (χ2v) is 5.58. The zero-order valence-corrected chi connectivity index (χ0v) is 10.2. The van der Waals surface area contributed by atoms with E-state index in [-0.39, 0.29) is 5.41 Å². The number of fused-ring (bicyclic) bond motifs is 1. The molecular formula is C13H19NO2. The van der Waals surface area contributed by atoms with E-state index in [0.717, 1.165) is 17.9 Å². The minimum Gasteiger partial charge on any atom is -0.491 e. The van der Waals surface area contributed by atoms with Crippen LogP contribution in [0.2, 0.25) is 0 Å². The average Bonchev–Trinajstić information content (AvgIpc) is 2.17. The Hall–Kier alpha value is -1.09. The number of aliphatic hydroxyl groups is 1. The molecule has 0 fully saturated rings. The largest absolute Gasteiger partial charge is 0.491 e. The first-order valence-corrected chi connectivity index (χ1v) is 5.76. The predicted octanol–water partition coefficient (Wildman–Crippen LogP) is 2.49. The number of pyridine rings is 1. The van der Waals surface area contributed by atoms with E-state index >= 15 is 0 Å². The molecule has 1 aromatic rings. The van der Waals surface area contributed by atoms with E-state index < -0.39 is 6.10 Å². The molecule has 1 N–H and O–H groups in total. The maximum Gasteiger partial charge on any atom is 0.143 e. The molecule has 1 atom stereocenters. The van der Waals surface area contributed by atoms with E-state index in [1.165, 1.54) is 0 Å². The molecule has 1 unspecified atom stereocenters. The molecule has 1 aliphatic rings. The van der Waals surface area contributed by atoms with Crippen molar-refractivity contribution in [1.82, 2.24) is 4.98 Å². The van der Waals surface area contributed by atoms with Crippen molar-refractivity contribution in [3.8, 4) is 5.75 Å². The Morgan fingerprint density at radius 2 is 2.19 bits per heavy atom. The lowest BCUT2D eigenvalue weighted by molar-refractivity contribution is 0.110. The Balaban J connectivity index is 2.27. The van der Waals surface area contributed by atoms with E-state index in [1.807, 2.05) is 12.1 Å². The van der Waals surface area contributed by atoms with Crippen LogP contribution < -0.4 is 4.74 Å². The fourth-order valence-electron chi connectivity index (χ4n) is 1.92. The third-order valence-electron chi connectivity index (χ3n) is 2.62. The molecule has 1 aliphatic heterocycles. The Bertz CT molecular complexity index is 382. The van der Waals surface area contributed by atoms with Crippen LogP contribution in [0.3, 0.4) is 0 Å². The molecule has 3 nitrogen and oxygen atoms in total. The molecule has 16 heavy (non-hydrogen) atoms. The molecule has 0 amide bonds. The number of hydrogen-bond acceptors (Lipinski definition) is 3. The third-order valence-corrected chi connectivity index (χ3v) is 2.62. The van der Waals surface area contributed by atoms with Crippen LogP contribution in [0, 0.1) is 5.41 Å². The summed E-state index contributed by atoms with van der Waals surface area (Å²) in [4.78, 5) is 4.50. The van der Waals surface area contributed by atoms with Crippen LogP contribution in [0.25, 0.3) is 0 Å². The number of aromatic nitrogens is 1. The van der Waals surface area contributed by atoms with Crippen LogP contribution >= 0.6 is 0 Å². The molecular weight excluding hydrogens is 202 g/mol. The fourth-order valence-corrected chi connectivity index (χ4v) is 1.92. The zero-order valence-electron chi connectivity index (χ0n) is 10.2. The average molecular weight is 221 g/mol. The Morgan fingerprint density at radius 3 is 2.88 bits per heavy atom. The molecule has 0 radical (unpaired) electrons. The van der Waals surface area contributed by atoms with Crippen LogP contribution in [-0.2, 0) is 6.42 Å². The quantitative estimate of drug-likeness (QED) is 0.792. The van der Waals surface area contributed by atoms with Gasteiger partial charge in [0.1, 0.15) is 17.5 Å². The van der Waals surface area contributed by atoms with Gasteiger partial charge in [0, 0.05) is 12.1 Å². The number of hydrogen-bond donors (Lipinski definition) is 1. The Kier molecular flexibility index (Phi) is 2.89. The molecule has 0 saturated heterocycles. The molecule has 1 aromatic heterocycles. The highest BCUT2D eigenvalue weighted by Gasteiger charge is 2.22. The van der Waals surface area contributed by atoms with E-state index in [2.05, 4.69) is 25.8 Å². The van der Waals surface area contributed by atoms with Crippen LogP contribution in [-0.4, -0.2) is 16.7 Å². The second-order valence-electron chi connectivity index (χ2n) is 5.58. The first-order chi connectivity index (χ1) is 7.46. The third kappa shape index (κ3) is 2.53. The van der Waals surface area contributed by atoms with Gasteiger partial charge in [0.05, 0.1) is 6.61 Å². The molecule has 0 saturated carbocycles. The highest BCUT2D eigenvalue weighted by molar-refractivity contribution is 5.32. The van der Waals surface area contributed by atoms with Crippen molar-refractivity contribution in [2.24, 2.45) is 5.41 Å². The number of rotatable bonds is 1. The predicted molar refractivity (Wildman–Crippen MR) is 62.5 cm³/mol. The van der Waals surface area contributed by atoms with Gasteiger partial charge in [0.25, 0.3) is 0 Å². The van der Waals surface area contributed by atoms with Gasteiger partial charge in [-0.15, -0.1) is 0 Å². The maximum atomic E-state index is 9.84. The minimum atomic E-state index is -0.469. The summed E-state index contributed by atoms with van der Waals surface area (Å²) in [5, 5.41) is 9.84. The van der Waals surface area contributed by atoms with Crippen molar-refractivity contribution in [1.29, 1.82) is 0 Å². The summed E-state index contributed by atoms with van der Waals surface area (Å²) in [5.41, 5.74) is 1.94. The van der Waals surface area contributed by atoms with Crippen LogP contribution in [0.15, 0.2) is 12.1 Å². The number of nitrogens with zero attached hydrogens (tertiary/aromatic N) is 1. The highest BCUT2D eigenvalue weighted by Crippen LogP contribution is 2.31. The fraction of sp³-hybridized carbons (Fsp3) is 0.615. The van der Waals surface area contributed by atoms with E-state index in [1.54, 1.807) is 0 Å². The summed E-state index contributed by atoms with van der Waals surface area (Å²) in [6.45, 7) is 7.12. The molecule has 2 rings (SSSR count). The van der Waals surface area contributed by atoms with Crippen molar-refractivity contribution in [3.05, 3.63) is 23.5 Å². The monoisotopic (exact) mass is 221 g/mol. The first-order valence-electron chi connectivity index (χ1n) is 5.76. The minimum absolute atomic E-state index is 0.210. The van der Waals surface area contributed by atoms with Gasteiger partial charge in [-0.3, -0.25) is 4.98 Å². The lowest BCUT2D eigenvalue weighted by Crippen LogP contribution is -2.17. The lowest BCUT2D eigenvalue weighted by Gasteiger charge is -2.23. The molecule has 88 valence electrons. The van der Waals surface area contributed by atoms with Gasteiger partial charge in [-0.25, -0.2) is 0 Å². The van der Waals surface area contributed by atoms with Crippen molar-refractivity contribution in [3.63, 3.8) is 0 Å².